The Bertz CT molecular complexity index is 546. The normalized spacial score (nSPS) is 23.3. The first kappa shape index (κ1) is 9.42. The molecule has 0 radical (unpaired) electrons. The molecule has 1 fully saturated rings. The van der Waals surface area contributed by atoms with Gasteiger partial charge in [0.2, 0.25) is 0 Å². The molecule has 1 amide bonds. The molecule has 1 aliphatic rings. The zero-order valence-electron chi connectivity index (χ0n) is 8.73. The molecule has 1 aliphatic carbocycles. The summed E-state index contributed by atoms with van der Waals surface area (Å²) in [5.74, 6) is -0.0407. The second-order valence-corrected chi connectivity index (χ2v) is 4.26. The summed E-state index contributed by atoms with van der Waals surface area (Å²) in [6.45, 7) is 0. The third kappa shape index (κ3) is 1.57. The number of hydrogen-bond donors (Lipinski definition) is 3. The van der Waals surface area contributed by atoms with Crippen LogP contribution >= 0.6 is 0 Å². The number of carbonyl (C=O) groups is 1. The second-order valence-electron chi connectivity index (χ2n) is 4.26. The molecule has 2 unspecified atom stereocenters. The van der Waals surface area contributed by atoms with Crippen molar-refractivity contribution < 1.29 is 4.79 Å². The fourth-order valence-electron chi connectivity index (χ4n) is 1.83. The number of fused-ring (bicyclic) bond motifs is 1. The van der Waals surface area contributed by atoms with Crippen LogP contribution in [0.15, 0.2) is 30.5 Å². The molecule has 4 nitrogen and oxygen atoms in total. The number of rotatable bonds is 2. The summed E-state index contributed by atoms with van der Waals surface area (Å²) < 4.78 is 0. The number of nitrogens with two attached hydrogens (primary N) is 1. The maximum atomic E-state index is 11.8. The largest absolute Gasteiger partial charge is 0.361 e. The number of hydrogen-bond acceptors (Lipinski definition) is 2. The number of aromatic amines is 1. The molecule has 0 aliphatic heterocycles. The summed E-state index contributed by atoms with van der Waals surface area (Å²) in [5.41, 5.74) is 7.37. The molecule has 0 bridgehead atoms. The Balaban J connectivity index is 1.84. The Morgan fingerprint density at radius 1 is 1.44 bits per heavy atom. The summed E-state index contributed by atoms with van der Waals surface area (Å²) in [4.78, 5) is 14.9. The smallest absolute Gasteiger partial charge is 0.251 e. The first-order chi connectivity index (χ1) is 7.74. The molecule has 1 heterocycles. The van der Waals surface area contributed by atoms with Gasteiger partial charge in [-0.15, -0.1) is 0 Å². The number of carbonyl (C=O) groups excluding carboxylic acids is 1. The summed E-state index contributed by atoms with van der Waals surface area (Å²) in [6.07, 6.45) is 2.75. The van der Waals surface area contributed by atoms with E-state index in [9.17, 15) is 4.79 Å². The maximum absolute atomic E-state index is 11.8. The van der Waals surface area contributed by atoms with Crippen LogP contribution < -0.4 is 11.1 Å². The SMILES string of the molecule is NC1CC1NC(=O)c1ccc2[nH]ccc2c1. The molecule has 4 heteroatoms. The average Bonchev–Trinajstić information content (AvgIpc) is 2.81. The Labute approximate surface area is 92.8 Å². The van der Waals surface area contributed by atoms with Crippen molar-refractivity contribution in [3.63, 3.8) is 0 Å². The lowest BCUT2D eigenvalue weighted by atomic mass is 10.1. The summed E-state index contributed by atoms with van der Waals surface area (Å²) in [5, 5.41) is 3.95. The Kier molecular flexibility index (Phi) is 1.97. The maximum Gasteiger partial charge on any atom is 0.251 e. The Morgan fingerprint density at radius 2 is 2.25 bits per heavy atom. The number of benzene rings is 1. The molecule has 4 N–H and O–H groups in total. The van der Waals surface area contributed by atoms with Crippen LogP contribution in [0.3, 0.4) is 0 Å². The molecule has 0 spiro atoms. The topological polar surface area (TPSA) is 70.9 Å². The molecule has 0 saturated heterocycles. The minimum absolute atomic E-state index is 0.0407. The highest BCUT2D eigenvalue weighted by atomic mass is 16.1. The fourth-order valence-corrected chi connectivity index (χ4v) is 1.83. The predicted molar refractivity (Wildman–Crippen MR) is 62.1 cm³/mol. The zero-order chi connectivity index (χ0) is 11.1. The summed E-state index contributed by atoms with van der Waals surface area (Å²) in [7, 11) is 0. The van der Waals surface area contributed by atoms with Gasteiger partial charge in [0.15, 0.2) is 0 Å². The van der Waals surface area contributed by atoms with E-state index in [1.165, 1.54) is 0 Å². The molecule has 3 rings (SSSR count). The first-order valence-electron chi connectivity index (χ1n) is 5.37. The van der Waals surface area contributed by atoms with Gasteiger partial charge in [-0.25, -0.2) is 0 Å². The van der Waals surface area contributed by atoms with Gasteiger partial charge in [0.25, 0.3) is 5.91 Å². The lowest BCUT2D eigenvalue weighted by molar-refractivity contribution is 0.0950. The molecule has 1 saturated carbocycles. The molecule has 1 aromatic heterocycles. The minimum atomic E-state index is -0.0407. The summed E-state index contributed by atoms with van der Waals surface area (Å²) in [6, 6.07) is 7.87. The van der Waals surface area contributed by atoms with Crippen molar-refractivity contribution in [2.75, 3.05) is 0 Å². The highest BCUT2D eigenvalue weighted by Crippen LogP contribution is 2.19. The van der Waals surface area contributed by atoms with Gasteiger partial charge < -0.3 is 16.0 Å². The van der Waals surface area contributed by atoms with Crippen LogP contribution in [0.2, 0.25) is 0 Å². The molecule has 82 valence electrons. The minimum Gasteiger partial charge on any atom is -0.361 e. The Morgan fingerprint density at radius 3 is 3.00 bits per heavy atom. The third-order valence-corrected chi connectivity index (χ3v) is 2.97. The van der Waals surface area contributed by atoms with Crippen molar-refractivity contribution in [1.82, 2.24) is 10.3 Å². The van der Waals surface area contributed by atoms with Gasteiger partial charge in [-0.1, -0.05) is 0 Å². The lowest BCUT2D eigenvalue weighted by Gasteiger charge is -2.03. The van der Waals surface area contributed by atoms with E-state index in [4.69, 9.17) is 5.73 Å². The van der Waals surface area contributed by atoms with E-state index in [-0.39, 0.29) is 18.0 Å². The quantitative estimate of drug-likeness (QED) is 0.699. The molecule has 16 heavy (non-hydrogen) atoms. The van der Waals surface area contributed by atoms with E-state index in [0.29, 0.717) is 5.56 Å². The van der Waals surface area contributed by atoms with Crippen LogP contribution in [0.25, 0.3) is 10.9 Å². The van der Waals surface area contributed by atoms with E-state index >= 15 is 0 Å². The van der Waals surface area contributed by atoms with Gasteiger partial charge in [0.05, 0.1) is 0 Å². The van der Waals surface area contributed by atoms with Crippen molar-refractivity contribution in [2.24, 2.45) is 5.73 Å². The predicted octanol–water partition coefficient (Wildman–Crippen LogP) is 0.997. The van der Waals surface area contributed by atoms with Crippen LogP contribution in [0.1, 0.15) is 16.8 Å². The molecule has 1 aromatic carbocycles. The number of amides is 1. The highest BCUT2D eigenvalue weighted by Gasteiger charge is 2.34. The van der Waals surface area contributed by atoms with Gasteiger partial charge in [0.1, 0.15) is 0 Å². The van der Waals surface area contributed by atoms with Crippen LogP contribution in [0.5, 0.6) is 0 Å². The van der Waals surface area contributed by atoms with Gasteiger partial charge in [0, 0.05) is 34.7 Å². The summed E-state index contributed by atoms with van der Waals surface area (Å²) >= 11 is 0. The zero-order valence-corrected chi connectivity index (χ0v) is 8.73. The van der Waals surface area contributed by atoms with Crippen molar-refractivity contribution in [3.8, 4) is 0 Å². The molecular weight excluding hydrogens is 202 g/mol. The average molecular weight is 215 g/mol. The standard InChI is InChI=1S/C12H13N3O/c13-9-6-11(9)15-12(16)8-1-2-10-7(5-8)3-4-14-10/h1-5,9,11,14H,6,13H2,(H,15,16). The Hall–Kier alpha value is -1.81. The van der Waals surface area contributed by atoms with Crippen LogP contribution in [0, 0.1) is 0 Å². The van der Waals surface area contributed by atoms with E-state index < -0.39 is 0 Å². The van der Waals surface area contributed by atoms with Crippen LogP contribution in [0.4, 0.5) is 0 Å². The number of H-pyrrole nitrogens is 1. The van der Waals surface area contributed by atoms with Crippen molar-refractivity contribution in [3.05, 3.63) is 36.0 Å². The van der Waals surface area contributed by atoms with Gasteiger partial charge in [-0.3, -0.25) is 4.79 Å². The molecular formula is C12H13N3O. The first-order valence-corrected chi connectivity index (χ1v) is 5.37. The van der Waals surface area contributed by atoms with Gasteiger partial charge in [-0.2, -0.15) is 0 Å². The highest BCUT2D eigenvalue weighted by molar-refractivity contribution is 5.98. The monoisotopic (exact) mass is 215 g/mol. The van der Waals surface area contributed by atoms with Gasteiger partial charge >= 0.3 is 0 Å². The van der Waals surface area contributed by atoms with E-state index in [2.05, 4.69) is 10.3 Å². The molecule has 2 atom stereocenters. The number of nitrogens with one attached hydrogen (secondary N) is 2. The molecule has 2 aromatic rings. The van der Waals surface area contributed by atoms with E-state index in [0.717, 1.165) is 17.3 Å². The van der Waals surface area contributed by atoms with E-state index in [1.807, 2.05) is 30.5 Å². The fraction of sp³-hybridized carbons (Fsp3) is 0.250. The van der Waals surface area contributed by atoms with Gasteiger partial charge in [-0.05, 0) is 30.7 Å². The van der Waals surface area contributed by atoms with Crippen molar-refractivity contribution in [1.29, 1.82) is 0 Å². The van der Waals surface area contributed by atoms with Crippen LogP contribution in [-0.4, -0.2) is 23.0 Å². The third-order valence-electron chi connectivity index (χ3n) is 2.97. The second kappa shape index (κ2) is 3.35. The number of aromatic nitrogens is 1. The van der Waals surface area contributed by atoms with Crippen LogP contribution in [-0.2, 0) is 0 Å². The van der Waals surface area contributed by atoms with Crippen molar-refractivity contribution >= 4 is 16.8 Å². The lowest BCUT2D eigenvalue weighted by Crippen LogP contribution is -2.29. The van der Waals surface area contributed by atoms with Crippen molar-refractivity contribution in [2.45, 2.75) is 18.5 Å². The van der Waals surface area contributed by atoms with E-state index in [1.54, 1.807) is 0 Å².